The van der Waals surface area contributed by atoms with E-state index in [0.717, 1.165) is 22.6 Å². The highest BCUT2D eigenvalue weighted by Crippen LogP contribution is 2.34. The number of aryl methyl sites for hydroxylation is 1. The van der Waals surface area contributed by atoms with Crippen molar-refractivity contribution in [1.82, 2.24) is 9.97 Å². The van der Waals surface area contributed by atoms with E-state index in [2.05, 4.69) is 23.8 Å². The minimum absolute atomic E-state index is 0.282. The summed E-state index contributed by atoms with van der Waals surface area (Å²) in [7, 11) is 3.22. The highest BCUT2D eigenvalue weighted by atomic mass is 35.5. The van der Waals surface area contributed by atoms with Crippen LogP contribution in [0.3, 0.4) is 0 Å². The molecule has 1 aromatic carbocycles. The van der Waals surface area contributed by atoms with Gasteiger partial charge >= 0.3 is 0 Å². The van der Waals surface area contributed by atoms with Crippen LogP contribution in [0.5, 0.6) is 11.5 Å². The molecule has 1 heterocycles. The number of nitrogens with zero attached hydrogens (tertiary/aromatic N) is 2. The van der Waals surface area contributed by atoms with Gasteiger partial charge in [-0.25, -0.2) is 9.97 Å². The molecule has 0 radical (unpaired) electrons. The number of hydrogen-bond acceptors (Lipinski definition) is 4. The first kappa shape index (κ1) is 15.6. The second kappa shape index (κ2) is 6.31. The maximum absolute atomic E-state index is 6.32. The summed E-state index contributed by atoms with van der Waals surface area (Å²) in [5.74, 6) is 2.21. The van der Waals surface area contributed by atoms with Crippen LogP contribution < -0.4 is 9.47 Å². The van der Waals surface area contributed by atoms with Crippen molar-refractivity contribution in [3.05, 3.63) is 34.6 Å². The molecule has 0 unspecified atom stereocenters. The Morgan fingerprint density at radius 3 is 2.33 bits per heavy atom. The van der Waals surface area contributed by atoms with E-state index in [1.165, 1.54) is 0 Å². The zero-order valence-electron chi connectivity index (χ0n) is 12.9. The Hall–Kier alpha value is -1.81. The minimum Gasteiger partial charge on any atom is -0.497 e. The zero-order valence-corrected chi connectivity index (χ0v) is 13.7. The van der Waals surface area contributed by atoms with Crippen molar-refractivity contribution in [3.63, 3.8) is 0 Å². The van der Waals surface area contributed by atoms with Crippen molar-refractivity contribution in [2.75, 3.05) is 14.2 Å². The predicted molar refractivity (Wildman–Crippen MR) is 84.4 cm³/mol. The molecule has 0 amide bonds. The van der Waals surface area contributed by atoms with Crippen LogP contribution in [0.4, 0.5) is 0 Å². The average Bonchev–Trinajstić information content (AvgIpc) is 2.45. The van der Waals surface area contributed by atoms with Gasteiger partial charge in [-0.1, -0.05) is 25.4 Å². The molecule has 2 rings (SSSR count). The van der Waals surface area contributed by atoms with E-state index < -0.39 is 0 Å². The molecule has 2 aromatic rings. The quantitative estimate of drug-likeness (QED) is 0.792. The number of benzene rings is 1. The van der Waals surface area contributed by atoms with Gasteiger partial charge in [0.25, 0.3) is 0 Å². The molecular formula is C16H19ClN2O2. The first-order valence-electron chi connectivity index (χ1n) is 6.74. The van der Waals surface area contributed by atoms with Crippen LogP contribution in [0, 0.1) is 6.92 Å². The normalized spacial score (nSPS) is 10.8. The maximum atomic E-state index is 6.32. The largest absolute Gasteiger partial charge is 0.497 e. The summed E-state index contributed by atoms with van der Waals surface area (Å²) in [4.78, 5) is 9.00. The summed E-state index contributed by atoms with van der Waals surface area (Å²) < 4.78 is 10.6. The second-order valence-electron chi connectivity index (χ2n) is 5.06. The Kier molecular flexibility index (Phi) is 4.68. The lowest BCUT2D eigenvalue weighted by Crippen LogP contribution is -2.02. The highest BCUT2D eigenvalue weighted by molar-refractivity contribution is 6.30. The molecule has 1 aromatic heterocycles. The topological polar surface area (TPSA) is 44.2 Å². The fraction of sp³-hybridized carbons (Fsp3) is 0.375. The number of halogens is 1. The molecule has 0 bridgehead atoms. The highest BCUT2D eigenvalue weighted by Gasteiger charge is 2.16. The predicted octanol–water partition coefficient (Wildman–Crippen LogP) is 4.25. The van der Waals surface area contributed by atoms with E-state index in [1.807, 2.05) is 19.1 Å². The van der Waals surface area contributed by atoms with Crippen LogP contribution in [-0.4, -0.2) is 24.2 Å². The zero-order chi connectivity index (χ0) is 15.6. The SMILES string of the molecule is COc1ccc(-c2nc(C)c(C(C)C)c(Cl)n2)c(OC)c1. The maximum Gasteiger partial charge on any atom is 0.164 e. The van der Waals surface area contributed by atoms with Crippen molar-refractivity contribution in [2.45, 2.75) is 26.7 Å². The van der Waals surface area contributed by atoms with E-state index in [-0.39, 0.29) is 5.92 Å². The van der Waals surface area contributed by atoms with Crippen LogP contribution in [0.15, 0.2) is 18.2 Å². The lowest BCUT2D eigenvalue weighted by molar-refractivity contribution is 0.395. The van der Waals surface area contributed by atoms with Crippen molar-refractivity contribution >= 4 is 11.6 Å². The van der Waals surface area contributed by atoms with Crippen LogP contribution in [0.1, 0.15) is 31.0 Å². The molecule has 112 valence electrons. The van der Waals surface area contributed by atoms with E-state index >= 15 is 0 Å². The number of hydrogen-bond donors (Lipinski definition) is 0. The molecule has 5 heteroatoms. The molecule has 4 nitrogen and oxygen atoms in total. The molecule has 0 aliphatic heterocycles. The van der Waals surface area contributed by atoms with E-state index in [4.69, 9.17) is 21.1 Å². The summed E-state index contributed by atoms with van der Waals surface area (Å²) >= 11 is 6.32. The van der Waals surface area contributed by atoms with Gasteiger partial charge in [-0.15, -0.1) is 0 Å². The summed E-state index contributed by atoms with van der Waals surface area (Å²) in [5, 5.41) is 0.491. The van der Waals surface area contributed by atoms with Gasteiger partial charge in [0.05, 0.1) is 19.8 Å². The summed E-state index contributed by atoms with van der Waals surface area (Å²) in [5.41, 5.74) is 2.66. The summed E-state index contributed by atoms with van der Waals surface area (Å²) in [6.07, 6.45) is 0. The Labute approximate surface area is 130 Å². The molecule has 0 fully saturated rings. The van der Waals surface area contributed by atoms with Gasteiger partial charge in [0.2, 0.25) is 0 Å². The molecule has 0 N–H and O–H groups in total. The fourth-order valence-electron chi connectivity index (χ4n) is 2.31. The molecular weight excluding hydrogens is 288 g/mol. The van der Waals surface area contributed by atoms with Crippen molar-refractivity contribution in [2.24, 2.45) is 0 Å². The van der Waals surface area contributed by atoms with Crippen LogP contribution in [0.25, 0.3) is 11.4 Å². The Morgan fingerprint density at radius 1 is 1.10 bits per heavy atom. The van der Waals surface area contributed by atoms with Crippen LogP contribution in [-0.2, 0) is 0 Å². The molecule has 21 heavy (non-hydrogen) atoms. The van der Waals surface area contributed by atoms with Crippen molar-refractivity contribution in [1.29, 1.82) is 0 Å². The molecule has 0 spiro atoms. The van der Waals surface area contributed by atoms with Gasteiger partial charge in [0.15, 0.2) is 5.82 Å². The Balaban J connectivity index is 2.57. The lowest BCUT2D eigenvalue weighted by atomic mass is 10.0. The smallest absolute Gasteiger partial charge is 0.164 e. The molecule has 0 aliphatic rings. The third-order valence-corrected chi connectivity index (χ3v) is 3.60. The van der Waals surface area contributed by atoms with Crippen LogP contribution in [0.2, 0.25) is 5.15 Å². The van der Waals surface area contributed by atoms with E-state index in [1.54, 1.807) is 20.3 Å². The van der Waals surface area contributed by atoms with Gasteiger partial charge in [-0.2, -0.15) is 0 Å². The average molecular weight is 307 g/mol. The number of methoxy groups -OCH3 is 2. The Morgan fingerprint density at radius 2 is 1.81 bits per heavy atom. The summed E-state index contributed by atoms with van der Waals surface area (Å²) in [6.45, 7) is 6.10. The van der Waals surface area contributed by atoms with Gasteiger partial charge in [-0.05, 0) is 25.0 Å². The first-order valence-corrected chi connectivity index (χ1v) is 7.12. The van der Waals surface area contributed by atoms with Gasteiger partial charge in [0, 0.05) is 17.3 Å². The molecule has 0 aliphatic carbocycles. The molecule has 0 saturated heterocycles. The standard InChI is InChI=1S/C16H19ClN2O2/c1-9(2)14-10(3)18-16(19-15(14)17)12-7-6-11(20-4)8-13(12)21-5/h6-9H,1-5H3. The van der Waals surface area contributed by atoms with Gasteiger partial charge in [-0.3, -0.25) is 0 Å². The minimum atomic E-state index is 0.282. The van der Waals surface area contributed by atoms with Gasteiger partial charge < -0.3 is 9.47 Å². The second-order valence-corrected chi connectivity index (χ2v) is 5.42. The van der Waals surface area contributed by atoms with E-state index in [0.29, 0.717) is 16.7 Å². The van der Waals surface area contributed by atoms with Gasteiger partial charge in [0.1, 0.15) is 16.7 Å². The number of ether oxygens (including phenoxy) is 2. The number of rotatable bonds is 4. The summed E-state index contributed by atoms with van der Waals surface area (Å²) in [6, 6.07) is 5.52. The van der Waals surface area contributed by atoms with Crippen LogP contribution >= 0.6 is 11.6 Å². The fourth-order valence-corrected chi connectivity index (χ4v) is 2.74. The van der Waals surface area contributed by atoms with Crippen molar-refractivity contribution in [3.8, 4) is 22.9 Å². The third-order valence-electron chi connectivity index (χ3n) is 3.32. The van der Waals surface area contributed by atoms with E-state index in [9.17, 15) is 0 Å². The molecule has 0 saturated carbocycles. The first-order chi connectivity index (χ1) is 9.97. The Bertz CT molecular complexity index is 634. The lowest BCUT2D eigenvalue weighted by Gasteiger charge is -2.14. The monoisotopic (exact) mass is 306 g/mol. The number of aromatic nitrogens is 2. The third kappa shape index (κ3) is 3.10. The van der Waals surface area contributed by atoms with Crippen molar-refractivity contribution < 1.29 is 9.47 Å². The molecule has 0 atom stereocenters.